The first-order valence-corrected chi connectivity index (χ1v) is 17.2. The predicted molar refractivity (Wildman–Crippen MR) is 186 cm³/mol. The number of aliphatic carboxylic acids is 2. The average Bonchev–Trinajstić information content (AvgIpc) is 3.02. The van der Waals surface area contributed by atoms with Gasteiger partial charge in [0.1, 0.15) is 0 Å². The van der Waals surface area contributed by atoms with Crippen molar-refractivity contribution in [3.8, 4) is 0 Å². The van der Waals surface area contributed by atoms with E-state index in [4.69, 9.17) is 0 Å². The number of carboxylic acids is 2. The number of hydrogen-bond donors (Lipinski definition) is 6. The van der Waals surface area contributed by atoms with Crippen molar-refractivity contribution in [1.82, 2.24) is 20.4 Å². The van der Waals surface area contributed by atoms with Gasteiger partial charge in [0.05, 0.1) is 24.4 Å². The van der Waals surface area contributed by atoms with Gasteiger partial charge in [0.15, 0.2) is 0 Å². The molecule has 4 atom stereocenters. The molecule has 0 fully saturated rings. The molecule has 0 rings (SSSR count). The Kier molecular flexibility index (Phi) is 39.5. The van der Waals surface area contributed by atoms with Crippen LogP contribution < -0.4 is 20.8 Å². The van der Waals surface area contributed by atoms with Gasteiger partial charge >= 0.3 is 37.7 Å². The monoisotopic (exact) mass is 698 g/mol. The van der Waals surface area contributed by atoms with Gasteiger partial charge in [-0.15, -0.1) is 13.2 Å². The topological polar surface area (TPSA) is 192 Å². The van der Waals surface area contributed by atoms with Gasteiger partial charge in [0.2, 0.25) is 0 Å². The van der Waals surface area contributed by atoms with E-state index in [1.54, 1.807) is 12.2 Å². The van der Waals surface area contributed by atoms with E-state index in [2.05, 4.69) is 37.6 Å². The Balaban J connectivity index is -0.000000807. The molecule has 6 N–H and O–H groups in total. The second kappa shape index (κ2) is 36.6. The average molecular weight is 699 g/mol. The zero-order chi connectivity index (χ0) is 35.0. The van der Waals surface area contributed by atoms with Crippen molar-refractivity contribution in [3.63, 3.8) is 0 Å². The van der Waals surface area contributed by atoms with E-state index in [1.165, 1.54) is 0 Å². The van der Waals surface area contributed by atoms with E-state index < -0.39 is 36.4 Å². The third kappa shape index (κ3) is 38.0. The van der Waals surface area contributed by atoms with Gasteiger partial charge in [-0.25, -0.2) is 0 Å². The van der Waals surface area contributed by atoms with Crippen LogP contribution in [0, 0.1) is 0 Å². The fraction of sp³-hybridized carbons (Fsp3) is 0.824. The Hall–Kier alpha value is -0.640. The molecular formula is C34H66CaN4O8. The van der Waals surface area contributed by atoms with E-state index in [0.717, 1.165) is 51.4 Å². The van der Waals surface area contributed by atoms with Gasteiger partial charge in [-0.1, -0.05) is 51.7 Å². The Morgan fingerprint density at radius 2 is 1.02 bits per heavy atom. The summed E-state index contributed by atoms with van der Waals surface area (Å²) in [6.45, 7) is 16.6. The molecule has 0 heterocycles. The Morgan fingerprint density at radius 3 is 1.32 bits per heavy atom. The molecule has 4 unspecified atom stereocenters. The van der Waals surface area contributed by atoms with E-state index in [-0.39, 0.29) is 50.6 Å². The summed E-state index contributed by atoms with van der Waals surface area (Å²) in [6.07, 6.45) is 10.2. The summed E-state index contributed by atoms with van der Waals surface area (Å²) in [6, 6.07) is 0. The van der Waals surface area contributed by atoms with Crippen molar-refractivity contribution in [2.45, 2.75) is 115 Å². The van der Waals surface area contributed by atoms with Crippen molar-refractivity contribution >= 4 is 49.7 Å². The summed E-state index contributed by atoms with van der Waals surface area (Å²) in [4.78, 5) is 25.1. The molecule has 0 aliphatic carbocycles. The second-order valence-corrected chi connectivity index (χ2v) is 11.9. The zero-order valence-corrected chi connectivity index (χ0v) is 31.7. The van der Waals surface area contributed by atoms with Crippen LogP contribution in [0.5, 0.6) is 0 Å². The van der Waals surface area contributed by atoms with Crippen molar-refractivity contribution in [3.05, 3.63) is 25.3 Å². The minimum atomic E-state index is -1.08. The Bertz CT molecular complexity index is 693. The molecule has 13 heteroatoms. The summed E-state index contributed by atoms with van der Waals surface area (Å²) in [5.74, 6) is -2.16. The summed E-state index contributed by atoms with van der Waals surface area (Å²) in [7, 11) is 0. The largest absolute Gasteiger partial charge is 2.00 e. The number of carbonyl (C=O) groups excluding carboxylic acids is 2. The number of carboxylic acid groups (broad SMARTS) is 2. The van der Waals surface area contributed by atoms with Gasteiger partial charge in [-0.2, -0.15) is 0 Å². The summed E-state index contributed by atoms with van der Waals surface area (Å²) < 4.78 is 0. The van der Waals surface area contributed by atoms with Crippen LogP contribution in [-0.4, -0.2) is 170 Å². The van der Waals surface area contributed by atoms with Crippen LogP contribution in [0.15, 0.2) is 25.3 Å². The standard InChI is InChI=1S/2C17H34N2O4.Ca/c2*1-3-5-7-15(20)13-18-10-12-19(11-9-17(22)23)14-16(21)8-6-4-2;/h2*3,15-16,18,20-21H,1,4-14H2,2H3,(H,22,23);/q;;+2/p-2. The molecule has 0 aliphatic rings. The van der Waals surface area contributed by atoms with E-state index in [0.29, 0.717) is 78.3 Å². The van der Waals surface area contributed by atoms with Crippen LogP contribution in [-0.2, 0) is 9.59 Å². The van der Waals surface area contributed by atoms with E-state index in [9.17, 15) is 40.2 Å². The van der Waals surface area contributed by atoms with Crippen LogP contribution in [0.1, 0.15) is 90.9 Å². The van der Waals surface area contributed by atoms with Gasteiger partial charge in [0, 0.05) is 77.4 Å². The molecule has 0 saturated carbocycles. The molecule has 0 amide bonds. The maximum Gasteiger partial charge on any atom is 2.00 e. The molecule has 0 aromatic rings. The fourth-order valence-electron chi connectivity index (χ4n) is 4.58. The Labute approximate surface area is 314 Å². The SMILES string of the molecule is C=CCCC(O)CNCCN(CCC(=O)[O-])CC(O)CCCC.C=CCCC(O)CNCCN(CCC(=O)[O-])CC(O)CCCC.[Ca+2]. The first-order chi connectivity index (χ1) is 22.0. The first kappa shape index (κ1) is 50.7. The number of aliphatic hydroxyl groups is 4. The number of aliphatic hydroxyl groups excluding tert-OH is 4. The summed E-state index contributed by atoms with van der Waals surface area (Å²) in [5, 5.41) is 67.0. The maximum absolute atomic E-state index is 10.6. The fourth-order valence-corrected chi connectivity index (χ4v) is 4.58. The molecule has 47 heavy (non-hydrogen) atoms. The third-order valence-electron chi connectivity index (χ3n) is 7.36. The van der Waals surface area contributed by atoms with Crippen LogP contribution in [0.2, 0.25) is 0 Å². The molecule has 12 nitrogen and oxygen atoms in total. The molecule has 0 aromatic heterocycles. The number of nitrogens with zero attached hydrogens (tertiary/aromatic N) is 2. The number of allylic oxidation sites excluding steroid dienone is 2. The van der Waals surface area contributed by atoms with Crippen molar-refractivity contribution in [1.29, 1.82) is 0 Å². The number of hydrogen-bond acceptors (Lipinski definition) is 12. The third-order valence-corrected chi connectivity index (χ3v) is 7.36. The Morgan fingerprint density at radius 1 is 0.660 bits per heavy atom. The van der Waals surface area contributed by atoms with Gasteiger partial charge in [0.25, 0.3) is 0 Å². The zero-order valence-electron chi connectivity index (χ0n) is 29.5. The van der Waals surface area contributed by atoms with Crippen LogP contribution in [0.3, 0.4) is 0 Å². The molecule has 0 spiro atoms. The van der Waals surface area contributed by atoms with E-state index in [1.807, 2.05) is 9.80 Å². The number of unbranched alkanes of at least 4 members (excludes halogenated alkanes) is 2. The van der Waals surface area contributed by atoms with Gasteiger partial charge < -0.3 is 50.9 Å². The summed E-state index contributed by atoms with van der Waals surface area (Å²) >= 11 is 0. The number of carbonyl (C=O) groups is 2. The van der Waals surface area contributed by atoms with Crippen molar-refractivity contribution < 1.29 is 40.2 Å². The number of rotatable bonds is 32. The second-order valence-electron chi connectivity index (χ2n) is 11.9. The quantitative estimate of drug-likeness (QED) is 0.0298. The molecule has 272 valence electrons. The molecule has 0 aliphatic heterocycles. The van der Waals surface area contributed by atoms with Crippen LogP contribution in [0.4, 0.5) is 0 Å². The molecule has 0 saturated heterocycles. The molecule has 0 bridgehead atoms. The number of nitrogens with one attached hydrogen (secondary N) is 2. The van der Waals surface area contributed by atoms with Crippen LogP contribution >= 0.6 is 0 Å². The maximum atomic E-state index is 10.6. The van der Waals surface area contributed by atoms with Crippen molar-refractivity contribution in [2.24, 2.45) is 0 Å². The molecule has 0 aromatic carbocycles. The summed E-state index contributed by atoms with van der Waals surface area (Å²) in [5.41, 5.74) is 0. The first-order valence-electron chi connectivity index (χ1n) is 17.2. The van der Waals surface area contributed by atoms with Gasteiger partial charge in [-0.05, 0) is 51.4 Å². The minimum Gasteiger partial charge on any atom is -0.550 e. The minimum absolute atomic E-state index is 0. The normalized spacial score (nSPS) is 13.6. The smallest absolute Gasteiger partial charge is 0.550 e. The molecule has 0 radical (unpaired) electrons. The van der Waals surface area contributed by atoms with E-state index >= 15 is 0 Å². The van der Waals surface area contributed by atoms with Gasteiger partial charge in [-0.3, -0.25) is 9.80 Å². The molecular weight excluding hydrogens is 632 g/mol. The van der Waals surface area contributed by atoms with Crippen LogP contribution in [0.25, 0.3) is 0 Å². The van der Waals surface area contributed by atoms with Crippen molar-refractivity contribution in [2.75, 3.05) is 65.4 Å². The predicted octanol–water partition coefficient (Wildman–Crippen LogP) is -0.588.